The molecular formula is C23H19F2N3O. The number of aromatic amines is 1. The van der Waals surface area contributed by atoms with Gasteiger partial charge in [0, 0.05) is 36.2 Å². The van der Waals surface area contributed by atoms with Crippen LogP contribution in [0.3, 0.4) is 0 Å². The fourth-order valence-corrected chi connectivity index (χ4v) is 4.25. The van der Waals surface area contributed by atoms with Gasteiger partial charge in [0.15, 0.2) is 11.6 Å². The quantitative estimate of drug-likeness (QED) is 0.547. The Morgan fingerprint density at radius 3 is 2.79 bits per heavy atom. The summed E-state index contributed by atoms with van der Waals surface area (Å²) in [6.07, 6.45) is 1.11. The smallest absolute Gasteiger partial charge is 0.219 e. The molecule has 0 unspecified atom stereocenters. The van der Waals surface area contributed by atoms with E-state index in [4.69, 9.17) is 4.98 Å². The minimum Gasteiger partial charge on any atom is -0.353 e. The molecule has 3 heterocycles. The molecule has 0 saturated carbocycles. The van der Waals surface area contributed by atoms with Crippen LogP contribution in [-0.4, -0.2) is 27.3 Å². The Labute approximate surface area is 166 Å². The molecule has 1 amide bonds. The van der Waals surface area contributed by atoms with Gasteiger partial charge < -0.3 is 9.88 Å². The van der Waals surface area contributed by atoms with Crippen LogP contribution in [0.25, 0.3) is 21.8 Å². The number of carbonyl (C=O) groups is 1. The predicted octanol–water partition coefficient (Wildman–Crippen LogP) is 4.49. The first-order chi connectivity index (χ1) is 14.0. The Bertz CT molecular complexity index is 1280. The molecule has 2 aromatic heterocycles. The van der Waals surface area contributed by atoms with Crippen molar-refractivity contribution in [3.8, 4) is 0 Å². The number of H-pyrrole nitrogens is 1. The lowest BCUT2D eigenvalue weighted by Crippen LogP contribution is -2.35. The van der Waals surface area contributed by atoms with E-state index in [1.165, 1.54) is 6.07 Å². The van der Waals surface area contributed by atoms with Crippen molar-refractivity contribution in [2.24, 2.45) is 0 Å². The maximum atomic E-state index is 13.7. The predicted molar refractivity (Wildman–Crippen MR) is 108 cm³/mol. The first kappa shape index (κ1) is 17.8. The van der Waals surface area contributed by atoms with E-state index < -0.39 is 11.6 Å². The molecule has 0 saturated heterocycles. The average Bonchev–Trinajstić information content (AvgIpc) is 3.10. The van der Waals surface area contributed by atoms with Gasteiger partial charge in [0.25, 0.3) is 0 Å². The Morgan fingerprint density at radius 2 is 2.00 bits per heavy atom. The Balaban J connectivity index is 1.72. The Morgan fingerprint density at radius 1 is 1.17 bits per heavy atom. The molecule has 0 bridgehead atoms. The van der Waals surface area contributed by atoms with Crippen molar-refractivity contribution < 1.29 is 13.6 Å². The van der Waals surface area contributed by atoms with Crippen LogP contribution in [0.15, 0.2) is 42.5 Å². The van der Waals surface area contributed by atoms with Crippen molar-refractivity contribution in [2.45, 2.75) is 26.3 Å². The van der Waals surface area contributed by atoms with Crippen LogP contribution in [0.2, 0.25) is 0 Å². The molecule has 4 aromatic rings. The SMILES string of the molecule is CC(=O)N1CCc2c(nc(Cc3ccc(F)c(F)c3)c3[nH]c4ccccc4c23)C1. The number of fused-ring (bicyclic) bond motifs is 5. The van der Waals surface area contributed by atoms with Crippen LogP contribution in [-0.2, 0) is 24.2 Å². The molecule has 5 rings (SSSR count). The number of para-hydroxylation sites is 1. The number of rotatable bonds is 2. The van der Waals surface area contributed by atoms with E-state index >= 15 is 0 Å². The third-order valence-corrected chi connectivity index (χ3v) is 5.69. The topological polar surface area (TPSA) is 49.0 Å². The molecule has 1 aliphatic rings. The molecule has 29 heavy (non-hydrogen) atoms. The fourth-order valence-electron chi connectivity index (χ4n) is 4.25. The van der Waals surface area contributed by atoms with Crippen LogP contribution in [0, 0.1) is 11.6 Å². The summed E-state index contributed by atoms with van der Waals surface area (Å²) in [6, 6.07) is 12.0. The van der Waals surface area contributed by atoms with E-state index in [1.807, 2.05) is 18.2 Å². The highest BCUT2D eigenvalue weighted by Crippen LogP contribution is 2.35. The molecule has 1 aliphatic heterocycles. The van der Waals surface area contributed by atoms with E-state index in [-0.39, 0.29) is 5.91 Å². The largest absolute Gasteiger partial charge is 0.353 e. The molecular weight excluding hydrogens is 372 g/mol. The molecule has 4 nitrogen and oxygen atoms in total. The zero-order chi connectivity index (χ0) is 20.1. The first-order valence-electron chi connectivity index (χ1n) is 9.61. The van der Waals surface area contributed by atoms with E-state index in [1.54, 1.807) is 17.9 Å². The highest BCUT2D eigenvalue weighted by atomic mass is 19.2. The average molecular weight is 391 g/mol. The van der Waals surface area contributed by atoms with Gasteiger partial charge in [-0.15, -0.1) is 0 Å². The number of amides is 1. The second-order valence-electron chi connectivity index (χ2n) is 7.52. The van der Waals surface area contributed by atoms with E-state index in [0.717, 1.165) is 51.2 Å². The van der Waals surface area contributed by atoms with Crippen molar-refractivity contribution >= 4 is 27.7 Å². The second-order valence-corrected chi connectivity index (χ2v) is 7.52. The number of pyridine rings is 1. The fraction of sp³-hybridized carbons (Fsp3) is 0.217. The summed E-state index contributed by atoms with van der Waals surface area (Å²) < 4.78 is 27.1. The first-order valence-corrected chi connectivity index (χ1v) is 9.61. The summed E-state index contributed by atoms with van der Waals surface area (Å²) >= 11 is 0. The number of nitrogens with zero attached hydrogens (tertiary/aromatic N) is 2. The molecule has 2 aromatic carbocycles. The molecule has 146 valence electrons. The molecule has 0 fully saturated rings. The number of hydrogen-bond donors (Lipinski definition) is 1. The highest BCUT2D eigenvalue weighted by Gasteiger charge is 2.25. The zero-order valence-electron chi connectivity index (χ0n) is 15.9. The summed E-state index contributed by atoms with van der Waals surface area (Å²) in [5, 5.41) is 2.23. The van der Waals surface area contributed by atoms with Gasteiger partial charge in [-0.3, -0.25) is 9.78 Å². The van der Waals surface area contributed by atoms with Crippen molar-refractivity contribution in [3.63, 3.8) is 0 Å². The summed E-state index contributed by atoms with van der Waals surface area (Å²) in [7, 11) is 0. The lowest BCUT2D eigenvalue weighted by molar-refractivity contribution is -0.129. The zero-order valence-corrected chi connectivity index (χ0v) is 15.9. The van der Waals surface area contributed by atoms with E-state index in [9.17, 15) is 13.6 Å². The van der Waals surface area contributed by atoms with Crippen LogP contribution < -0.4 is 0 Å². The van der Waals surface area contributed by atoms with Crippen LogP contribution in [0.5, 0.6) is 0 Å². The Kier molecular flexibility index (Phi) is 4.08. The Hall–Kier alpha value is -3.28. The van der Waals surface area contributed by atoms with Crippen molar-refractivity contribution in [1.29, 1.82) is 0 Å². The third kappa shape index (κ3) is 2.95. The summed E-state index contributed by atoms with van der Waals surface area (Å²) in [5.41, 5.74) is 5.39. The number of halogens is 2. The molecule has 0 spiro atoms. The number of carbonyl (C=O) groups excluding carboxylic acids is 1. The lowest BCUT2D eigenvalue weighted by Gasteiger charge is -2.28. The third-order valence-electron chi connectivity index (χ3n) is 5.69. The van der Waals surface area contributed by atoms with Gasteiger partial charge in [-0.05, 0) is 35.7 Å². The van der Waals surface area contributed by atoms with Crippen molar-refractivity contribution in [1.82, 2.24) is 14.9 Å². The van der Waals surface area contributed by atoms with Crippen LogP contribution in [0.1, 0.15) is 29.4 Å². The number of nitrogens with one attached hydrogen (secondary N) is 1. The van der Waals surface area contributed by atoms with Gasteiger partial charge in [0.05, 0.1) is 23.4 Å². The minimum absolute atomic E-state index is 0.0265. The molecule has 6 heteroatoms. The second kappa shape index (κ2) is 6.65. The number of aromatic nitrogens is 2. The molecule has 1 N–H and O–H groups in total. The maximum Gasteiger partial charge on any atom is 0.219 e. The number of benzene rings is 2. The van der Waals surface area contributed by atoms with Gasteiger partial charge in [0.1, 0.15) is 0 Å². The van der Waals surface area contributed by atoms with Gasteiger partial charge in [-0.25, -0.2) is 8.78 Å². The van der Waals surface area contributed by atoms with Gasteiger partial charge in [-0.1, -0.05) is 24.3 Å². The summed E-state index contributed by atoms with van der Waals surface area (Å²) in [4.78, 5) is 22.0. The monoisotopic (exact) mass is 391 g/mol. The molecule has 0 atom stereocenters. The van der Waals surface area contributed by atoms with E-state index in [2.05, 4.69) is 11.1 Å². The van der Waals surface area contributed by atoms with Crippen LogP contribution >= 0.6 is 0 Å². The van der Waals surface area contributed by atoms with Gasteiger partial charge in [0.2, 0.25) is 5.91 Å². The number of hydrogen-bond acceptors (Lipinski definition) is 2. The normalized spacial score (nSPS) is 13.8. The molecule has 0 aliphatic carbocycles. The van der Waals surface area contributed by atoms with Crippen molar-refractivity contribution in [3.05, 3.63) is 76.6 Å². The summed E-state index contributed by atoms with van der Waals surface area (Å²) in [5.74, 6) is -1.70. The van der Waals surface area contributed by atoms with E-state index in [0.29, 0.717) is 25.1 Å². The molecule has 0 radical (unpaired) electrons. The minimum atomic E-state index is -0.865. The van der Waals surface area contributed by atoms with Crippen molar-refractivity contribution in [2.75, 3.05) is 6.54 Å². The highest BCUT2D eigenvalue weighted by molar-refractivity contribution is 6.10. The van der Waals surface area contributed by atoms with Gasteiger partial charge >= 0.3 is 0 Å². The standard InChI is InChI=1S/C23H19F2N3O/c1-13(29)28-9-8-16-21(12-28)26-20(11-14-6-7-17(24)18(25)10-14)23-22(16)15-4-2-3-5-19(15)27-23/h2-7,10,27H,8-9,11-12H2,1H3. The maximum absolute atomic E-state index is 13.7. The van der Waals surface area contributed by atoms with Crippen LogP contribution in [0.4, 0.5) is 8.78 Å². The summed E-state index contributed by atoms with van der Waals surface area (Å²) in [6.45, 7) is 2.70. The van der Waals surface area contributed by atoms with Gasteiger partial charge in [-0.2, -0.15) is 0 Å². The lowest BCUT2D eigenvalue weighted by atomic mass is 9.96.